The molecule has 1 N–H and O–H groups in total. The van der Waals surface area contributed by atoms with Crippen LogP contribution in [-0.4, -0.2) is 45.5 Å². The summed E-state index contributed by atoms with van der Waals surface area (Å²) < 4.78 is 6.97. The van der Waals surface area contributed by atoms with Crippen LogP contribution in [0.5, 0.6) is 0 Å². The SMILES string of the molecule is COCCn1nnnc1[C@@H](c1cc2cccc(C)c2[nH]c1=O)N1CCc2ccccc21. The summed E-state index contributed by atoms with van der Waals surface area (Å²) in [7, 11) is 1.65. The molecule has 1 aliphatic rings. The lowest BCUT2D eigenvalue weighted by molar-refractivity contribution is 0.181. The molecule has 2 aromatic heterocycles. The van der Waals surface area contributed by atoms with Crippen LogP contribution in [0.4, 0.5) is 5.69 Å². The number of hydrogen-bond donors (Lipinski definition) is 1. The third-order valence-electron chi connectivity index (χ3n) is 5.96. The Labute approximate surface area is 179 Å². The van der Waals surface area contributed by atoms with Crippen molar-refractivity contribution in [3.63, 3.8) is 0 Å². The number of tetrazole rings is 1. The summed E-state index contributed by atoms with van der Waals surface area (Å²) in [5.41, 5.74) is 4.76. The Kier molecular flexibility index (Phi) is 4.99. The van der Waals surface area contributed by atoms with E-state index >= 15 is 0 Å². The van der Waals surface area contributed by atoms with Crippen LogP contribution in [0.3, 0.4) is 0 Å². The number of para-hydroxylation sites is 2. The lowest BCUT2D eigenvalue weighted by atomic mass is 10.0. The molecule has 8 heteroatoms. The summed E-state index contributed by atoms with van der Waals surface area (Å²) in [4.78, 5) is 18.7. The molecule has 0 saturated heterocycles. The average Bonchev–Trinajstić information content (AvgIpc) is 3.41. The van der Waals surface area contributed by atoms with Crippen molar-refractivity contribution >= 4 is 16.6 Å². The highest BCUT2D eigenvalue weighted by Gasteiger charge is 2.34. The van der Waals surface area contributed by atoms with Crippen LogP contribution in [0.25, 0.3) is 10.9 Å². The van der Waals surface area contributed by atoms with E-state index in [0.717, 1.165) is 35.1 Å². The van der Waals surface area contributed by atoms with E-state index in [4.69, 9.17) is 4.74 Å². The summed E-state index contributed by atoms with van der Waals surface area (Å²) in [6, 6.07) is 15.9. The lowest BCUT2D eigenvalue weighted by Gasteiger charge is -2.29. The highest BCUT2D eigenvalue weighted by atomic mass is 16.5. The van der Waals surface area contributed by atoms with Gasteiger partial charge in [0.25, 0.3) is 5.56 Å². The first-order valence-corrected chi connectivity index (χ1v) is 10.4. The number of methoxy groups -OCH3 is 1. The Morgan fingerprint density at radius 2 is 2.06 bits per heavy atom. The summed E-state index contributed by atoms with van der Waals surface area (Å²) in [6.07, 6.45) is 0.914. The van der Waals surface area contributed by atoms with Crippen LogP contribution in [-0.2, 0) is 17.7 Å². The van der Waals surface area contributed by atoms with Gasteiger partial charge in [-0.2, -0.15) is 0 Å². The molecule has 3 heterocycles. The fourth-order valence-corrected chi connectivity index (χ4v) is 4.43. The zero-order chi connectivity index (χ0) is 21.4. The molecule has 0 spiro atoms. The Bertz CT molecular complexity index is 1290. The highest BCUT2D eigenvalue weighted by Crippen LogP contribution is 2.37. The van der Waals surface area contributed by atoms with Gasteiger partial charge in [-0.25, -0.2) is 4.68 Å². The second kappa shape index (κ2) is 7.96. The van der Waals surface area contributed by atoms with Gasteiger partial charge in [-0.05, 0) is 52.4 Å². The predicted octanol–water partition coefficient (Wildman–Crippen LogP) is 2.62. The van der Waals surface area contributed by atoms with E-state index in [0.29, 0.717) is 24.5 Å². The molecule has 0 bridgehead atoms. The van der Waals surface area contributed by atoms with Crippen molar-refractivity contribution < 1.29 is 4.74 Å². The van der Waals surface area contributed by atoms with E-state index in [1.165, 1.54) is 5.56 Å². The number of benzene rings is 2. The largest absolute Gasteiger partial charge is 0.383 e. The number of fused-ring (bicyclic) bond motifs is 2. The molecule has 1 aliphatic heterocycles. The number of pyridine rings is 1. The number of ether oxygens (including phenoxy) is 1. The first-order valence-electron chi connectivity index (χ1n) is 10.4. The van der Waals surface area contributed by atoms with Crippen molar-refractivity contribution in [2.45, 2.75) is 25.9 Å². The molecule has 0 aliphatic carbocycles. The van der Waals surface area contributed by atoms with Gasteiger partial charge in [0.15, 0.2) is 5.82 Å². The fourth-order valence-electron chi connectivity index (χ4n) is 4.43. The Hall–Kier alpha value is -3.52. The minimum Gasteiger partial charge on any atom is -0.383 e. The zero-order valence-electron chi connectivity index (χ0n) is 17.6. The third-order valence-corrected chi connectivity index (χ3v) is 5.96. The topological polar surface area (TPSA) is 88.9 Å². The van der Waals surface area contributed by atoms with Gasteiger partial charge >= 0.3 is 0 Å². The van der Waals surface area contributed by atoms with Gasteiger partial charge in [-0.3, -0.25) is 4.79 Å². The molecule has 0 fully saturated rings. The van der Waals surface area contributed by atoms with E-state index < -0.39 is 6.04 Å². The minimum atomic E-state index is -0.413. The molecule has 2 aromatic carbocycles. The van der Waals surface area contributed by atoms with Gasteiger partial charge in [0.05, 0.1) is 18.7 Å². The smallest absolute Gasteiger partial charge is 0.254 e. The molecule has 8 nitrogen and oxygen atoms in total. The maximum Gasteiger partial charge on any atom is 0.254 e. The number of hydrogen-bond acceptors (Lipinski definition) is 6. The average molecular weight is 416 g/mol. The number of nitrogens with zero attached hydrogens (tertiary/aromatic N) is 5. The van der Waals surface area contributed by atoms with Crippen molar-refractivity contribution in [2.24, 2.45) is 0 Å². The minimum absolute atomic E-state index is 0.127. The molecule has 0 amide bonds. The number of aromatic nitrogens is 5. The standard InChI is InChI=1S/C23H24N6O2/c1-15-6-5-8-17-14-18(23(30)24-20(15)17)21(22-25-26-27-29(22)12-13-31-2)28-11-10-16-7-3-4-9-19(16)28/h3-9,14,21H,10-13H2,1-2H3,(H,24,30)/t21-/m1/s1. The molecule has 158 valence electrons. The van der Waals surface area contributed by atoms with Crippen LogP contribution >= 0.6 is 0 Å². The molecular formula is C23H24N6O2. The summed E-state index contributed by atoms with van der Waals surface area (Å²) in [5.74, 6) is 0.631. The van der Waals surface area contributed by atoms with Crippen LogP contribution < -0.4 is 10.5 Å². The van der Waals surface area contributed by atoms with Crippen molar-refractivity contribution in [1.29, 1.82) is 0 Å². The summed E-state index contributed by atoms with van der Waals surface area (Å²) in [6.45, 7) is 3.77. The first-order chi connectivity index (χ1) is 15.2. The summed E-state index contributed by atoms with van der Waals surface area (Å²) >= 11 is 0. The molecule has 0 saturated carbocycles. The molecule has 1 atom stereocenters. The van der Waals surface area contributed by atoms with Gasteiger partial charge in [0, 0.05) is 24.9 Å². The second-order valence-corrected chi connectivity index (χ2v) is 7.82. The van der Waals surface area contributed by atoms with E-state index in [-0.39, 0.29) is 5.56 Å². The molecular weight excluding hydrogens is 392 g/mol. The first kappa shape index (κ1) is 19.4. The second-order valence-electron chi connectivity index (χ2n) is 7.82. The molecule has 0 radical (unpaired) electrons. The highest BCUT2D eigenvalue weighted by molar-refractivity contribution is 5.82. The van der Waals surface area contributed by atoms with Gasteiger partial charge in [-0.15, -0.1) is 5.10 Å². The van der Waals surface area contributed by atoms with Gasteiger partial charge in [0.2, 0.25) is 0 Å². The van der Waals surface area contributed by atoms with Crippen molar-refractivity contribution in [1.82, 2.24) is 25.2 Å². The molecule has 5 rings (SSSR count). The van der Waals surface area contributed by atoms with E-state index in [9.17, 15) is 4.79 Å². The van der Waals surface area contributed by atoms with Crippen LogP contribution in [0.1, 0.15) is 28.6 Å². The molecule has 0 unspecified atom stereocenters. The number of aromatic amines is 1. The maximum atomic E-state index is 13.3. The van der Waals surface area contributed by atoms with Gasteiger partial charge in [-0.1, -0.05) is 36.4 Å². The summed E-state index contributed by atoms with van der Waals surface area (Å²) in [5, 5.41) is 13.4. The number of H-pyrrole nitrogens is 1. The van der Waals surface area contributed by atoms with E-state index in [1.807, 2.05) is 43.3 Å². The van der Waals surface area contributed by atoms with E-state index in [1.54, 1.807) is 11.8 Å². The quantitative estimate of drug-likeness (QED) is 0.520. The van der Waals surface area contributed by atoms with Crippen molar-refractivity contribution in [2.75, 3.05) is 25.2 Å². The van der Waals surface area contributed by atoms with Crippen LogP contribution in [0.15, 0.2) is 53.3 Å². The third kappa shape index (κ3) is 3.38. The van der Waals surface area contributed by atoms with E-state index in [2.05, 4.69) is 37.5 Å². The van der Waals surface area contributed by atoms with Crippen LogP contribution in [0, 0.1) is 6.92 Å². The van der Waals surface area contributed by atoms with Crippen molar-refractivity contribution in [3.8, 4) is 0 Å². The number of anilines is 1. The van der Waals surface area contributed by atoms with Gasteiger partial charge < -0.3 is 14.6 Å². The molecule has 4 aromatic rings. The predicted molar refractivity (Wildman–Crippen MR) is 118 cm³/mol. The Morgan fingerprint density at radius 1 is 1.19 bits per heavy atom. The number of nitrogens with one attached hydrogen (secondary N) is 1. The Morgan fingerprint density at radius 3 is 2.94 bits per heavy atom. The normalized spacial score (nSPS) is 14.2. The number of rotatable bonds is 6. The monoisotopic (exact) mass is 416 g/mol. The zero-order valence-corrected chi connectivity index (χ0v) is 17.6. The fraction of sp³-hybridized carbons (Fsp3) is 0.304. The number of aryl methyl sites for hydroxylation is 1. The van der Waals surface area contributed by atoms with Crippen LogP contribution in [0.2, 0.25) is 0 Å². The molecule has 31 heavy (non-hydrogen) atoms. The maximum absolute atomic E-state index is 13.3. The lowest BCUT2D eigenvalue weighted by Crippen LogP contribution is -2.34. The van der Waals surface area contributed by atoms with Gasteiger partial charge in [0.1, 0.15) is 6.04 Å². The Balaban J connectivity index is 1.71. The van der Waals surface area contributed by atoms with Crippen molar-refractivity contribution in [3.05, 3.63) is 81.4 Å².